The van der Waals surface area contributed by atoms with E-state index in [-0.39, 0.29) is 55.7 Å². The molecule has 0 atom stereocenters. The van der Waals surface area contributed by atoms with Gasteiger partial charge in [0.1, 0.15) is 0 Å². The number of unbranched alkanes of at least 4 members (excludes halogenated alkanes) is 1. The van der Waals surface area contributed by atoms with Gasteiger partial charge >= 0.3 is 41.9 Å². The molecule has 0 aliphatic heterocycles. The Morgan fingerprint density at radius 3 is 1.20 bits per heavy atom. The molecule has 56 valence electrons. The minimum absolute atomic E-state index is 0. The van der Waals surface area contributed by atoms with Crippen LogP contribution in [0.1, 0.15) is 42.0 Å². The van der Waals surface area contributed by atoms with Crippen molar-refractivity contribution in [3.05, 3.63) is 6.42 Å². The second-order valence-corrected chi connectivity index (χ2v) is 1.58. The van der Waals surface area contributed by atoms with Crippen LogP contribution in [0.25, 0.3) is 0 Å². The van der Waals surface area contributed by atoms with Crippen molar-refractivity contribution in [2.24, 2.45) is 0 Å². The van der Waals surface area contributed by atoms with Crippen LogP contribution in [0.5, 0.6) is 0 Å². The van der Waals surface area contributed by atoms with Crippen molar-refractivity contribution >= 4 is 23.1 Å². The molecule has 0 aromatic rings. The zero-order chi connectivity index (χ0) is 6.12. The first-order chi connectivity index (χ1) is 3.33. The van der Waals surface area contributed by atoms with Crippen molar-refractivity contribution in [2.75, 3.05) is 0 Å². The van der Waals surface area contributed by atoms with Gasteiger partial charge in [0.05, 0.1) is 0 Å². The van der Waals surface area contributed by atoms with Gasteiger partial charge in [-0.05, 0) is 0 Å². The molecule has 0 saturated heterocycles. The molecule has 0 nitrogen and oxygen atoms in total. The van der Waals surface area contributed by atoms with Crippen LogP contribution in [0.3, 0.4) is 0 Å². The maximum Gasteiger partial charge on any atom is 2.00 e. The third kappa shape index (κ3) is 103. The van der Waals surface area contributed by atoms with Crippen molar-refractivity contribution in [2.45, 2.75) is 40.5 Å². The predicted molar refractivity (Wildman–Crippen MR) is 43.1 cm³/mol. The molecule has 0 spiro atoms. The quantitative estimate of drug-likeness (QED) is 0.286. The summed E-state index contributed by atoms with van der Waals surface area (Å²) < 4.78 is 0. The molecule has 10 heavy (non-hydrogen) atoms. The Bertz CT molecular complexity index is 25.9. The van der Waals surface area contributed by atoms with Crippen LogP contribution in [0.4, 0.5) is 0 Å². The zero-order valence-electron chi connectivity index (χ0n) is 9.08. The topological polar surface area (TPSA) is 0 Å². The molecule has 0 aliphatic rings. The first-order valence-corrected chi connectivity index (χ1v) is 3.07. The summed E-state index contributed by atoms with van der Waals surface area (Å²) in [5.74, 6) is 0. The van der Waals surface area contributed by atoms with Crippen LogP contribution in [0.2, 0.25) is 0 Å². The van der Waals surface area contributed by atoms with Gasteiger partial charge in [-0.15, -0.1) is 0 Å². The molecule has 0 radical (unpaired) electrons. The smallest absolute Gasteiger partial charge is 1.00 e. The number of hydrogen-bond acceptors (Lipinski definition) is 0. The molecule has 0 aliphatic carbocycles. The van der Waals surface area contributed by atoms with Gasteiger partial charge in [0.2, 0.25) is 0 Å². The standard InChI is InChI=1S/C4H10.C3H7.ClH.Li.Mg.H/c1-3-4-2;1-3-2;;;;/h3-4H2,1-2H3;3H,1-2H3;1H;;;/q;-1;;+1;+2;-1/p-1. The van der Waals surface area contributed by atoms with Crippen molar-refractivity contribution in [1.82, 2.24) is 0 Å². The molecule has 0 bridgehead atoms. The van der Waals surface area contributed by atoms with Crippen molar-refractivity contribution in [1.29, 1.82) is 0 Å². The Balaban J connectivity index is -0.00000000848. The maximum atomic E-state index is 2.18. The van der Waals surface area contributed by atoms with Gasteiger partial charge in [-0.3, -0.25) is 0 Å². The van der Waals surface area contributed by atoms with Crippen LogP contribution in [-0.4, -0.2) is 23.1 Å². The molecule has 0 fully saturated rings. The maximum absolute atomic E-state index is 2.18. The van der Waals surface area contributed by atoms with E-state index in [0.717, 1.165) is 0 Å². The Morgan fingerprint density at radius 1 is 1.10 bits per heavy atom. The summed E-state index contributed by atoms with van der Waals surface area (Å²) in [6, 6.07) is 0. The SMILES string of the molecule is CCCC.C[CH-]C.[Cl-].[H-].[Li+].[Mg+2]. The van der Waals surface area contributed by atoms with E-state index in [1.165, 1.54) is 12.8 Å². The zero-order valence-corrected chi connectivity index (χ0v) is 10.2. The van der Waals surface area contributed by atoms with E-state index >= 15 is 0 Å². The summed E-state index contributed by atoms with van der Waals surface area (Å²) in [6.07, 6.45) is 4.64. The van der Waals surface area contributed by atoms with Crippen LogP contribution < -0.4 is 31.3 Å². The molecule has 0 N–H and O–H groups in total. The first-order valence-electron chi connectivity index (χ1n) is 3.07. The van der Waals surface area contributed by atoms with Gasteiger partial charge in [0.25, 0.3) is 0 Å². The van der Waals surface area contributed by atoms with E-state index in [9.17, 15) is 0 Å². The molecular formula is C7H18ClLiMg. The summed E-state index contributed by atoms with van der Waals surface area (Å²) in [4.78, 5) is 0. The monoisotopic (exact) mass is 168 g/mol. The van der Waals surface area contributed by atoms with Gasteiger partial charge in [0.15, 0.2) is 0 Å². The molecule has 3 heteroatoms. The Morgan fingerprint density at radius 2 is 1.20 bits per heavy atom. The second-order valence-electron chi connectivity index (χ2n) is 1.58. The van der Waals surface area contributed by atoms with E-state index in [4.69, 9.17) is 0 Å². The van der Waals surface area contributed by atoms with Crippen LogP contribution in [-0.2, 0) is 0 Å². The minimum Gasteiger partial charge on any atom is -1.00 e. The Kier molecular flexibility index (Phi) is 137. The summed E-state index contributed by atoms with van der Waals surface area (Å²) in [7, 11) is 0. The molecule has 0 unspecified atom stereocenters. The average Bonchev–Trinajstić information content (AvgIpc) is 1.69. The largest absolute Gasteiger partial charge is 2.00 e. The molecule has 0 saturated carbocycles. The van der Waals surface area contributed by atoms with E-state index in [0.29, 0.717) is 0 Å². The number of hydrogen-bond donors (Lipinski definition) is 0. The van der Waals surface area contributed by atoms with Gasteiger partial charge in [-0.1, -0.05) is 26.7 Å². The van der Waals surface area contributed by atoms with Crippen LogP contribution in [0, 0.1) is 6.42 Å². The summed E-state index contributed by atoms with van der Waals surface area (Å²) >= 11 is 0. The van der Waals surface area contributed by atoms with Crippen molar-refractivity contribution in [3.63, 3.8) is 0 Å². The van der Waals surface area contributed by atoms with E-state index in [2.05, 4.69) is 13.8 Å². The fourth-order valence-corrected chi connectivity index (χ4v) is 0. The second kappa shape index (κ2) is 45.8. The fourth-order valence-electron chi connectivity index (χ4n) is 0. The molecule has 0 aromatic heterocycles. The molecule has 0 amide bonds. The predicted octanol–water partition coefficient (Wildman–Crippen LogP) is -3.22. The summed E-state index contributed by atoms with van der Waals surface area (Å²) in [5, 5.41) is 0. The van der Waals surface area contributed by atoms with Crippen molar-refractivity contribution < 1.29 is 32.7 Å². The van der Waals surface area contributed by atoms with Crippen LogP contribution >= 0.6 is 0 Å². The van der Waals surface area contributed by atoms with Crippen molar-refractivity contribution in [3.8, 4) is 0 Å². The molecule has 0 aromatic carbocycles. The van der Waals surface area contributed by atoms with E-state index < -0.39 is 0 Å². The Hall–Kier alpha value is 1.65. The summed E-state index contributed by atoms with van der Waals surface area (Å²) in [6.45, 7) is 8.36. The fraction of sp³-hybridized carbons (Fsp3) is 0.857. The first kappa shape index (κ1) is 29.9. The molecule has 0 heterocycles. The number of halogens is 1. The van der Waals surface area contributed by atoms with Gasteiger partial charge < -0.3 is 20.3 Å². The third-order valence-corrected chi connectivity index (χ3v) is 0.500. The van der Waals surface area contributed by atoms with Crippen LogP contribution in [0.15, 0.2) is 0 Å². The van der Waals surface area contributed by atoms with Gasteiger partial charge in [0, 0.05) is 0 Å². The average molecular weight is 169 g/mol. The molecular weight excluding hydrogens is 151 g/mol. The van der Waals surface area contributed by atoms with E-state index in [1.54, 1.807) is 0 Å². The summed E-state index contributed by atoms with van der Waals surface area (Å²) in [5.41, 5.74) is 0. The number of rotatable bonds is 1. The molecule has 0 rings (SSSR count). The van der Waals surface area contributed by atoms with E-state index in [1.807, 2.05) is 20.3 Å². The minimum atomic E-state index is 0. The van der Waals surface area contributed by atoms with Gasteiger partial charge in [-0.25, -0.2) is 0 Å². The Labute approximate surface area is 102 Å². The third-order valence-electron chi connectivity index (χ3n) is 0.500. The van der Waals surface area contributed by atoms with Gasteiger partial charge in [-0.2, -0.15) is 13.8 Å². The normalized spacial score (nSPS) is 4.80.